The monoisotopic (exact) mass is 146 g/mol. The molecule has 1 fully saturated rings. The van der Waals surface area contributed by atoms with Crippen molar-refractivity contribution >= 4 is 17.3 Å². The minimum absolute atomic E-state index is 0.0712. The minimum atomic E-state index is 0.0712. The smallest absolute Gasteiger partial charge is 0.159 e. The lowest BCUT2D eigenvalue weighted by atomic mass is 10.4. The van der Waals surface area contributed by atoms with Gasteiger partial charge < -0.3 is 15.7 Å². The fraction of sp³-hybridized carbons (Fsp3) is 0.800. The first-order chi connectivity index (χ1) is 4.29. The fourth-order valence-corrected chi connectivity index (χ4v) is 1.05. The second kappa shape index (κ2) is 3.10. The molecule has 1 aliphatic rings. The summed E-state index contributed by atoms with van der Waals surface area (Å²) >= 11 is 4.51. The van der Waals surface area contributed by atoms with E-state index >= 15 is 0 Å². The predicted octanol–water partition coefficient (Wildman–Crippen LogP) is -0.219. The average Bonchev–Trinajstić information content (AvgIpc) is 2.15. The molecule has 0 radical (unpaired) electrons. The third-order valence-corrected chi connectivity index (χ3v) is 1.45. The van der Waals surface area contributed by atoms with Gasteiger partial charge in [0, 0.05) is 19.5 Å². The van der Waals surface area contributed by atoms with Crippen LogP contribution < -0.4 is 10.6 Å². The van der Waals surface area contributed by atoms with Gasteiger partial charge in [0.2, 0.25) is 0 Å². The van der Waals surface area contributed by atoms with Gasteiger partial charge in [0.1, 0.15) is 0 Å². The summed E-state index contributed by atoms with van der Waals surface area (Å²) in [6, 6.07) is 0. The van der Waals surface area contributed by atoms with Crippen LogP contribution in [0.15, 0.2) is 0 Å². The van der Waals surface area contributed by atoms with Crippen LogP contribution in [0.25, 0.3) is 0 Å². The molecule has 1 heterocycles. The van der Waals surface area contributed by atoms with E-state index in [2.05, 4.69) is 22.9 Å². The lowest BCUT2D eigenvalue weighted by Crippen LogP contribution is -2.32. The van der Waals surface area contributed by atoms with E-state index in [1.165, 1.54) is 0 Å². The van der Waals surface area contributed by atoms with Gasteiger partial charge in [-0.2, -0.15) is 0 Å². The van der Waals surface area contributed by atoms with Crippen molar-refractivity contribution in [2.45, 2.75) is 12.6 Å². The third-order valence-electron chi connectivity index (χ3n) is 1.29. The molecule has 4 heteroatoms. The zero-order chi connectivity index (χ0) is 6.69. The molecule has 0 bridgehead atoms. The number of hydrogen-bond acceptors (Lipinski definition) is 3. The highest BCUT2D eigenvalue weighted by atomic mass is 32.1. The van der Waals surface area contributed by atoms with E-state index in [-0.39, 0.29) is 11.2 Å². The van der Waals surface area contributed by atoms with Crippen molar-refractivity contribution in [3.05, 3.63) is 0 Å². The number of aliphatic hydroxyl groups excluding tert-OH is 1. The summed E-state index contributed by atoms with van der Waals surface area (Å²) in [6.07, 6.45) is 0.734. The van der Waals surface area contributed by atoms with Crippen LogP contribution in [0.3, 0.4) is 0 Å². The first-order valence-corrected chi connectivity index (χ1v) is 3.38. The second-order valence-electron chi connectivity index (χ2n) is 2.06. The molecule has 3 nitrogen and oxygen atoms in total. The molecule has 0 aromatic rings. The maximum Gasteiger partial charge on any atom is 0.159 e. The maximum absolute atomic E-state index is 8.66. The lowest BCUT2D eigenvalue weighted by molar-refractivity contribution is 0.497. The normalized spacial score (nSPS) is 20.4. The van der Waals surface area contributed by atoms with Gasteiger partial charge >= 0.3 is 0 Å². The van der Waals surface area contributed by atoms with Crippen LogP contribution in [0.2, 0.25) is 0 Å². The summed E-state index contributed by atoms with van der Waals surface area (Å²) in [4.78, 5) is 0. The van der Waals surface area contributed by atoms with E-state index in [0.717, 1.165) is 13.1 Å². The lowest BCUT2D eigenvalue weighted by Gasteiger charge is -2.06. The van der Waals surface area contributed by atoms with Crippen molar-refractivity contribution in [1.29, 1.82) is 0 Å². The molecule has 1 rings (SSSR count). The molecule has 0 atom stereocenters. The zero-order valence-electron chi connectivity index (χ0n) is 5.05. The zero-order valence-corrected chi connectivity index (χ0v) is 5.87. The Morgan fingerprint density at radius 1 is 1.56 bits per heavy atom. The van der Waals surface area contributed by atoms with Gasteiger partial charge in [0.15, 0.2) is 5.05 Å². The van der Waals surface area contributed by atoms with E-state index in [1.54, 1.807) is 0 Å². The standard InChI is InChI=1S/C5H10N2OS/c8-5(9)3-4-6-1-2-7-4/h4,6-7H,1-3H2,(H,8,9). The van der Waals surface area contributed by atoms with Crippen LogP contribution in [-0.2, 0) is 0 Å². The first kappa shape index (κ1) is 6.92. The Hall–Kier alpha value is -0.190. The number of thiocarbonyl (C=S) groups is 1. The summed E-state index contributed by atoms with van der Waals surface area (Å²) in [6.45, 7) is 1.93. The summed E-state index contributed by atoms with van der Waals surface area (Å²) in [7, 11) is 0. The summed E-state index contributed by atoms with van der Waals surface area (Å²) < 4.78 is 0. The Morgan fingerprint density at radius 3 is 2.56 bits per heavy atom. The van der Waals surface area contributed by atoms with Gasteiger partial charge in [-0.1, -0.05) is 0 Å². The Kier molecular flexibility index (Phi) is 2.38. The van der Waals surface area contributed by atoms with Crippen molar-refractivity contribution in [1.82, 2.24) is 10.6 Å². The van der Waals surface area contributed by atoms with Gasteiger partial charge in [-0.05, 0) is 12.2 Å². The molecule has 9 heavy (non-hydrogen) atoms. The second-order valence-corrected chi connectivity index (χ2v) is 2.53. The Labute approximate surface area is 59.4 Å². The third kappa shape index (κ3) is 2.26. The fourth-order valence-electron chi connectivity index (χ4n) is 0.884. The number of aliphatic hydroxyl groups is 1. The molecule has 1 aliphatic heterocycles. The Bertz CT molecular complexity index is 112. The van der Waals surface area contributed by atoms with E-state index in [4.69, 9.17) is 5.11 Å². The first-order valence-electron chi connectivity index (χ1n) is 2.97. The van der Waals surface area contributed by atoms with Crippen molar-refractivity contribution in [2.24, 2.45) is 0 Å². The molecule has 0 unspecified atom stereocenters. The SMILES string of the molecule is OC(=S)CC1NCCN1. The number of hydrogen-bond donors (Lipinski definition) is 3. The molecular weight excluding hydrogens is 136 g/mol. The topological polar surface area (TPSA) is 44.3 Å². The van der Waals surface area contributed by atoms with Crippen molar-refractivity contribution in [2.75, 3.05) is 13.1 Å². The van der Waals surface area contributed by atoms with Crippen LogP contribution in [0.4, 0.5) is 0 Å². The molecule has 0 aromatic heterocycles. The predicted molar refractivity (Wildman–Crippen MR) is 39.6 cm³/mol. The molecule has 0 saturated carbocycles. The van der Waals surface area contributed by atoms with Gasteiger partial charge in [0.25, 0.3) is 0 Å². The Morgan fingerprint density at radius 2 is 2.11 bits per heavy atom. The highest BCUT2D eigenvalue weighted by Crippen LogP contribution is 1.92. The molecule has 0 spiro atoms. The summed E-state index contributed by atoms with van der Waals surface area (Å²) in [5, 5.41) is 15.0. The molecule has 0 aromatic carbocycles. The molecule has 0 amide bonds. The highest BCUT2D eigenvalue weighted by molar-refractivity contribution is 7.80. The molecule has 1 saturated heterocycles. The van der Waals surface area contributed by atoms with Crippen LogP contribution in [0, 0.1) is 0 Å². The number of nitrogens with one attached hydrogen (secondary N) is 2. The van der Waals surface area contributed by atoms with Crippen molar-refractivity contribution in [3.63, 3.8) is 0 Å². The van der Waals surface area contributed by atoms with Crippen LogP contribution in [0.1, 0.15) is 6.42 Å². The van der Waals surface area contributed by atoms with Crippen molar-refractivity contribution < 1.29 is 5.11 Å². The van der Waals surface area contributed by atoms with E-state index < -0.39 is 0 Å². The largest absolute Gasteiger partial charge is 0.502 e. The van der Waals surface area contributed by atoms with E-state index in [9.17, 15) is 0 Å². The van der Waals surface area contributed by atoms with E-state index in [1.807, 2.05) is 0 Å². The van der Waals surface area contributed by atoms with Gasteiger partial charge in [-0.3, -0.25) is 0 Å². The molecule has 3 N–H and O–H groups in total. The summed E-state index contributed by atoms with van der Waals surface area (Å²) in [5.41, 5.74) is 0. The van der Waals surface area contributed by atoms with Gasteiger partial charge in [-0.25, -0.2) is 0 Å². The quantitative estimate of drug-likeness (QED) is 0.471. The molecular formula is C5H10N2OS. The Balaban J connectivity index is 2.19. The van der Waals surface area contributed by atoms with Crippen molar-refractivity contribution in [3.8, 4) is 0 Å². The maximum atomic E-state index is 8.66. The average molecular weight is 146 g/mol. The van der Waals surface area contributed by atoms with Crippen LogP contribution in [-0.4, -0.2) is 29.4 Å². The minimum Gasteiger partial charge on any atom is -0.502 e. The molecule has 0 aliphatic carbocycles. The molecule has 52 valence electrons. The van der Waals surface area contributed by atoms with Gasteiger partial charge in [0.05, 0.1) is 6.17 Å². The van der Waals surface area contributed by atoms with Gasteiger partial charge in [-0.15, -0.1) is 0 Å². The number of rotatable bonds is 2. The van der Waals surface area contributed by atoms with Crippen LogP contribution >= 0.6 is 12.2 Å². The highest BCUT2D eigenvalue weighted by Gasteiger charge is 2.13. The van der Waals surface area contributed by atoms with E-state index in [0.29, 0.717) is 6.42 Å². The summed E-state index contributed by atoms with van der Waals surface area (Å²) in [5.74, 6) is 0. The van der Waals surface area contributed by atoms with Crippen LogP contribution in [0.5, 0.6) is 0 Å².